The van der Waals surface area contributed by atoms with Gasteiger partial charge >= 0.3 is 11.9 Å². The van der Waals surface area contributed by atoms with E-state index in [9.17, 15) is 9.59 Å². The van der Waals surface area contributed by atoms with Crippen LogP contribution in [-0.4, -0.2) is 28.4 Å². The third-order valence-electron chi connectivity index (χ3n) is 1.13. The normalized spacial score (nSPS) is 13.3. The van der Waals surface area contributed by atoms with Gasteiger partial charge in [-0.25, -0.2) is 0 Å². The first-order valence-corrected chi connectivity index (χ1v) is 3.93. The standard InChI is InChI=1S/C7H11ClO5/c1-4(9)12-7(3,6(8)11)13-5(2)10/h6,11H,1-3H3. The monoisotopic (exact) mass is 210 g/mol. The van der Waals surface area contributed by atoms with Crippen molar-refractivity contribution in [1.29, 1.82) is 0 Å². The minimum Gasteiger partial charge on any atom is -0.419 e. The quantitative estimate of drug-likeness (QED) is 0.414. The molecular weight excluding hydrogens is 200 g/mol. The minimum atomic E-state index is -1.83. The third-order valence-corrected chi connectivity index (χ3v) is 1.52. The van der Waals surface area contributed by atoms with Gasteiger partial charge in [0, 0.05) is 20.8 Å². The van der Waals surface area contributed by atoms with Crippen LogP contribution in [0.15, 0.2) is 0 Å². The largest absolute Gasteiger partial charge is 0.419 e. The average Bonchev–Trinajstić information content (AvgIpc) is 1.82. The molecule has 0 radical (unpaired) electrons. The molecule has 0 rings (SSSR count). The number of carbonyl (C=O) groups is 2. The second-order valence-electron chi connectivity index (χ2n) is 2.54. The van der Waals surface area contributed by atoms with Gasteiger partial charge in [0.1, 0.15) is 0 Å². The maximum atomic E-state index is 10.6. The Morgan fingerprint density at radius 2 is 1.62 bits per heavy atom. The molecule has 0 aromatic carbocycles. The third kappa shape index (κ3) is 4.10. The highest BCUT2D eigenvalue weighted by Gasteiger charge is 2.38. The number of alkyl halides is 1. The van der Waals surface area contributed by atoms with Gasteiger partial charge in [-0.15, -0.1) is 0 Å². The Hall–Kier alpha value is -0.810. The molecule has 0 heterocycles. The molecule has 1 unspecified atom stereocenters. The van der Waals surface area contributed by atoms with Crippen LogP contribution in [0.25, 0.3) is 0 Å². The van der Waals surface area contributed by atoms with Crippen LogP contribution in [0.3, 0.4) is 0 Å². The molecule has 0 bridgehead atoms. The molecule has 0 spiro atoms. The summed E-state index contributed by atoms with van der Waals surface area (Å²) in [5.74, 6) is -3.24. The molecule has 1 N–H and O–H groups in total. The van der Waals surface area contributed by atoms with Crippen molar-refractivity contribution in [2.45, 2.75) is 32.1 Å². The zero-order valence-electron chi connectivity index (χ0n) is 7.54. The lowest BCUT2D eigenvalue weighted by atomic mass is 10.3. The van der Waals surface area contributed by atoms with E-state index in [1.165, 1.54) is 6.92 Å². The van der Waals surface area contributed by atoms with E-state index in [4.69, 9.17) is 16.7 Å². The minimum absolute atomic E-state index is 0.705. The topological polar surface area (TPSA) is 72.8 Å². The zero-order valence-corrected chi connectivity index (χ0v) is 8.29. The summed E-state index contributed by atoms with van der Waals surface area (Å²) in [5, 5.41) is 8.98. The molecule has 0 fully saturated rings. The fraction of sp³-hybridized carbons (Fsp3) is 0.714. The lowest BCUT2D eigenvalue weighted by Gasteiger charge is -2.29. The Morgan fingerprint density at radius 3 is 1.77 bits per heavy atom. The molecule has 0 aromatic rings. The van der Waals surface area contributed by atoms with Crippen molar-refractivity contribution >= 4 is 23.5 Å². The van der Waals surface area contributed by atoms with E-state index in [0.29, 0.717) is 0 Å². The SMILES string of the molecule is CC(=O)OC(C)(OC(C)=O)C(O)Cl. The van der Waals surface area contributed by atoms with Gasteiger partial charge < -0.3 is 14.6 Å². The smallest absolute Gasteiger partial charge is 0.306 e. The molecule has 0 aliphatic rings. The summed E-state index contributed by atoms with van der Waals surface area (Å²) in [5.41, 5.74) is -1.61. The second-order valence-corrected chi connectivity index (χ2v) is 2.95. The number of ether oxygens (including phenoxy) is 2. The van der Waals surface area contributed by atoms with Gasteiger partial charge in [0.2, 0.25) is 5.56 Å². The Bertz CT molecular complexity index is 197. The molecule has 13 heavy (non-hydrogen) atoms. The molecular formula is C7H11ClO5. The van der Waals surface area contributed by atoms with E-state index < -0.39 is 23.3 Å². The maximum absolute atomic E-state index is 10.6. The van der Waals surface area contributed by atoms with Gasteiger partial charge in [-0.05, 0) is 0 Å². The first-order valence-electron chi connectivity index (χ1n) is 3.49. The van der Waals surface area contributed by atoms with Crippen molar-refractivity contribution < 1.29 is 24.2 Å². The van der Waals surface area contributed by atoms with Crippen molar-refractivity contribution in [2.24, 2.45) is 0 Å². The van der Waals surface area contributed by atoms with Gasteiger partial charge in [-0.3, -0.25) is 9.59 Å². The van der Waals surface area contributed by atoms with Crippen LogP contribution in [0.4, 0.5) is 0 Å². The van der Waals surface area contributed by atoms with E-state index in [1.54, 1.807) is 0 Å². The van der Waals surface area contributed by atoms with Crippen LogP contribution in [0.1, 0.15) is 20.8 Å². The molecule has 0 amide bonds. The van der Waals surface area contributed by atoms with E-state index in [-0.39, 0.29) is 0 Å². The van der Waals surface area contributed by atoms with Gasteiger partial charge in [-0.1, -0.05) is 11.6 Å². The Morgan fingerprint density at radius 1 is 1.31 bits per heavy atom. The highest BCUT2D eigenvalue weighted by Crippen LogP contribution is 2.21. The van der Waals surface area contributed by atoms with Crippen LogP contribution in [-0.2, 0) is 19.1 Å². The molecule has 1 atom stereocenters. The number of aliphatic hydroxyl groups excluding tert-OH is 1. The molecule has 0 aromatic heterocycles. The summed E-state index contributed by atoms with van der Waals surface area (Å²) in [6, 6.07) is 0. The number of halogens is 1. The lowest BCUT2D eigenvalue weighted by Crippen LogP contribution is -2.44. The predicted molar refractivity (Wildman–Crippen MR) is 43.8 cm³/mol. The van der Waals surface area contributed by atoms with Crippen LogP contribution in [0.2, 0.25) is 0 Å². The van der Waals surface area contributed by atoms with E-state index >= 15 is 0 Å². The van der Waals surface area contributed by atoms with Crippen molar-refractivity contribution in [3.63, 3.8) is 0 Å². The van der Waals surface area contributed by atoms with Crippen molar-refractivity contribution in [3.8, 4) is 0 Å². The van der Waals surface area contributed by atoms with Crippen molar-refractivity contribution in [2.75, 3.05) is 0 Å². The molecule has 0 aliphatic carbocycles. The van der Waals surface area contributed by atoms with Gasteiger partial charge in [0.05, 0.1) is 0 Å². The van der Waals surface area contributed by atoms with Crippen LogP contribution >= 0.6 is 11.6 Å². The van der Waals surface area contributed by atoms with Gasteiger partial charge in [0.15, 0.2) is 0 Å². The lowest BCUT2D eigenvalue weighted by molar-refractivity contribution is -0.237. The summed E-state index contributed by atoms with van der Waals surface area (Å²) in [6.45, 7) is 3.41. The first-order chi connectivity index (χ1) is 5.78. The zero-order chi connectivity index (χ0) is 10.6. The molecule has 6 heteroatoms. The van der Waals surface area contributed by atoms with Crippen molar-refractivity contribution in [1.82, 2.24) is 0 Å². The fourth-order valence-corrected chi connectivity index (χ4v) is 0.778. The molecule has 0 aliphatic heterocycles. The highest BCUT2D eigenvalue weighted by atomic mass is 35.5. The van der Waals surface area contributed by atoms with Crippen molar-refractivity contribution in [3.05, 3.63) is 0 Å². The number of rotatable bonds is 3. The number of hydrogen-bond donors (Lipinski definition) is 1. The van der Waals surface area contributed by atoms with Crippen LogP contribution < -0.4 is 0 Å². The molecule has 76 valence electrons. The fourth-order valence-electron chi connectivity index (χ4n) is 0.689. The van der Waals surface area contributed by atoms with Gasteiger partial charge in [-0.2, -0.15) is 0 Å². The first kappa shape index (κ1) is 12.2. The Balaban J connectivity index is 4.52. The maximum Gasteiger partial charge on any atom is 0.306 e. The summed E-state index contributed by atoms with van der Waals surface area (Å²) >= 11 is 5.27. The summed E-state index contributed by atoms with van der Waals surface area (Å²) in [6.07, 6.45) is 0. The number of esters is 2. The van der Waals surface area contributed by atoms with Gasteiger partial charge in [0.25, 0.3) is 5.79 Å². The Labute approximate surface area is 80.6 Å². The number of hydrogen-bond acceptors (Lipinski definition) is 5. The molecule has 5 nitrogen and oxygen atoms in total. The van der Waals surface area contributed by atoms with Crippen LogP contribution in [0, 0.1) is 0 Å². The van der Waals surface area contributed by atoms with E-state index in [2.05, 4.69) is 9.47 Å². The van der Waals surface area contributed by atoms with E-state index in [1.807, 2.05) is 0 Å². The van der Waals surface area contributed by atoms with E-state index in [0.717, 1.165) is 13.8 Å². The summed E-state index contributed by atoms with van der Waals surface area (Å²) < 4.78 is 9.09. The summed E-state index contributed by atoms with van der Waals surface area (Å²) in [7, 11) is 0. The Kier molecular flexibility index (Phi) is 4.16. The average molecular weight is 211 g/mol. The molecule has 0 saturated heterocycles. The summed E-state index contributed by atoms with van der Waals surface area (Å²) in [4.78, 5) is 21.1. The van der Waals surface area contributed by atoms with Crippen LogP contribution in [0.5, 0.6) is 0 Å². The number of aliphatic hydroxyl groups is 1. The highest BCUT2D eigenvalue weighted by molar-refractivity contribution is 6.20. The predicted octanol–water partition coefficient (Wildman–Crippen LogP) is 0.386. The second kappa shape index (κ2) is 4.43. The molecule has 0 saturated carbocycles. The number of carbonyl (C=O) groups excluding carboxylic acids is 2.